The van der Waals surface area contributed by atoms with Crippen LogP contribution in [0.1, 0.15) is 25.8 Å². The Morgan fingerprint density at radius 3 is 2.45 bits per heavy atom. The van der Waals surface area contributed by atoms with Crippen molar-refractivity contribution in [3.63, 3.8) is 0 Å². The van der Waals surface area contributed by atoms with E-state index >= 15 is 0 Å². The molecule has 3 aliphatic rings. The Kier molecular flexibility index (Phi) is 3.80. The summed E-state index contributed by atoms with van der Waals surface area (Å²) < 4.78 is 45.8. The monoisotopic (exact) mass is 410 g/mol. The van der Waals surface area contributed by atoms with Crippen molar-refractivity contribution in [2.45, 2.75) is 43.2 Å². The Balaban J connectivity index is 1.82. The number of carbonyl (C=O) groups is 2. The number of rotatable bonds is 2. The van der Waals surface area contributed by atoms with Gasteiger partial charge in [-0.1, -0.05) is 6.07 Å². The van der Waals surface area contributed by atoms with Gasteiger partial charge in [0.05, 0.1) is 36.2 Å². The molecule has 2 unspecified atom stereocenters. The predicted octanol–water partition coefficient (Wildman–Crippen LogP) is 2.04. The van der Waals surface area contributed by atoms with Crippen molar-refractivity contribution in [3.05, 3.63) is 35.2 Å². The van der Waals surface area contributed by atoms with E-state index in [1.807, 2.05) is 0 Å². The average molecular weight is 410 g/mol. The van der Waals surface area contributed by atoms with Crippen molar-refractivity contribution in [1.29, 1.82) is 0 Å². The van der Waals surface area contributed by atoms with Crippen LogP contribution in [0.5, 0.6) is 0 Å². The van der Waals surface area contributed by atoms with Crippen molar-refractivity contribution in [2.24, 2.45) is 11.8 Å². The lowest BCUT2D eigenvalue weighted by Gasteiger charge is -2.41. The van der Waals surface area contributed by atoms with E-state index in [-0.39, 0.29) is 12.1 Å². The molecule has 0 aromatic heterocycles. The number of aliphatic hydroxyl groups excluding tert-OH is 1. The first-order chi connectivity index (χ1) is 13.3. The molecule has 0 radical (unpaired) electrons. The molecule has 29 heavy (non-hydrogen) atoms. The summed E-state index contributed by atoms with van der Waals surface area (Å²) in [6.45, 7) is 9.19. The predicted molar refractivity (Wildman–Crippen MR) is 91.7 cm³/mol. The van der Waals surface area contributed by atoms with Crippen LogP contribution in [-0.2, 0) is 20.5 Å². The van der Waals surface area contributed by atoms with Crippen molar-refractivity contribution < 1.29 is 37.7 Å². The molecule has 2 amide bonds. The summed E-state index contributed by atoms with van der Waals surface area (Å²) in [4.78, 5) is 29.7. The molecule has 0 aliphatic carbocycles. The second-order valence-corrected chi connectivity index (χ2v) is 8.17. The van der Waals surface area contributed by atoms with Crippen molar-refractivity contribution in [2.75, 3.05) is 11.5 Å². The molecule has 10 heteroatoms. The number of halogens is 3. The van der Waals surface area contributed by atoms with Gasteiger partial charge in [0.15, 0.2) is 5.69 Å². The summed E-state index contributed by atoms with van der Waals surface area (Å²) in [6, 6.07) is 2.64. The first kappa shape index (κ1) is 19.8. The fourth-order valence-corrected chi connectivity index (χ4v) is 5.19. The summed E-state index contributed by atoms with van der Waals surface area (Å²) >= 11 is 0. The number of aliphatic hydroxyl groups is 2. The zero-order chi connectivity index (χ0) is 21.6. The minimum Gasteiger partial charge on any atom is -0.393 e. The summed E-state index contributed by atoms with van der Waals surface area (Å²) in [5.74, 6) is -3.68. The third-order valence-corrected chi connectivity index (χ3v) is 6.50. The Morgan fingerprint density at radius 1 is 1.28 bits per heavy atom. The number of fused-ring (bicyclic) bond motifs is 5. The van der Waals surface area contributed by atoms with Gasteiger partial charge in [0.25, 0.3) is 0 Å². The van der Waals surface area contributed by atoms with Gasteiger partial charge in [0.1, 0.15) is 11.2 Å². The Hall–Kier alpha value is -2.48. The standard InChI is InChI=1S/C19H17F3N2O5/c1-16-7-18(28,8-25)17(2,29-16)13-12(16)14(26)24(15(13)27)9-4-5-11(23-3)10(6-9)19(20,21)22/h4-6,12-13,25,28H,7-8H2,1-2H3/t12-,13+,16?,17?,18-/m1/s1. The van der Waals surface area contributed by atoms with E-state index < -0.39 is 64.5 Å². The molecule has 0 saturated carbocycles. The number of hydrogen-bond donors (Lipinski definition) is 2. The fourth-order valence-electron chi connectivity index (χ4n) is 5.19. The lowest BCUT2D eigenvalue weighted by molar-refractivity contribution is -0.157. The van der Waals surface area contributed by atoms with Gasteiger partial charge >= 0.3 is 6.18 Å². The molecule has 3 saturated heterocycles. The van der Waals surface area contributed by atoms with Crippen LogP contribution < -0.4 is 4.90 Å². The molecule has 5 atom stereocenters. The maximum absolute atomic E-state index is 13.3. The number of hydrogen-bond acceptors (Lipinski definition) is 5. The highest BCUT2D eigenvalue weighted by Crippen LogP contribution is 2.64. The molecule has 4 rings (SSSR count). The van der Waals surface area contributed by atoms with Gasteiger partial charge in [-0.15, -0.1) is 0 Å². The van der Waals surface area contributed by atoms with Crippen molar-refractivity contribution >= 4 is 23.2 Å². The topological polar surface area (TPSA) is 91.4 Å². The van der Waals surface area contributed by atoms with Crippen LogP contribution in [0.25, 0.3) is 4.85 Å². The van der Waals surface area contributed by atoms with E-state index in [0.29, 0.717) is 11.0 Å². The van der Waals surface area contributed by atoms with Crippen LogP contribution >= 0.6 is 0 Å². The normalized spacial score (nSPS) is 38.5. The lowest BCUT2D eigenvalue weighted by Crippen LogP contribution is -2.60. The third kappa shape index (κ3) is 2.29. The van der Waals surface area contributed by atoms with E-state index in [2.05, 4.69) is 4.85 Å². The van der Waals surface area contributed by atoms with E-state index in [4.69, 9.17) is 11.3 Å². The molecule has 3 fully saturated rings. The average Bonchev–Trinajstić information content (AvgIpc) is 3.13. The van der Waals surface area contributed by atoms with Gasteiger partial charge in [0.2, 0.25) is 11.8 Å². The van der Waals surface area contributed by atoms with E-state index in [0.717, 1.165) is 12.1 Å². The summed E-state index contributed by atoms with van der Waals surface area (Å²) in [5.41, 5.74) is -6.76. The Labute approximate surface area is 163 Å². The van der Waals surface area contributed by atoms with Crippen LogP contribution in [0, 0.1) is 18.4 Å². The molecule has 2 N–H and O–H groups in total. The molecule has 2 bridgehead atoms. The summed E-state index contributed by atoms with van der Waals surface area (Å²) in [5, 5.41) is 20.5. The lowest BCUT2D eigenvalue weighted by atomic mass is 9.61. The number of alkyl halides is 3. The smallest absolute Gasteiger partial charge is 0.393 e. The van der Waals surface area contributed by atoms with Crippen LogP contribution in [0.3, 0.4) is 0 Å². The number of imide groups is 1. The maximum Gasteiger partial charge on any atom is 0.407 e. The number of ether oxygens (including phenoxy) is 1. The van der Waals surface area contributed by atoms with Gasteiger partial charge in [-0.3, -0.25) is 9.59 Å². The molecular weight excluding hydrogens is 393 g/mol. The number of benzene rings is 1. The number of amides is 2. The van der Waals surface area contributed by atoms with E-state index in [1.165, 1.54) is 6.92 Å². The van der Waals surface area contributed by atoms with Crippen LogP contribution in [0.15, 0.2) is 18.2 Å². The Bertz CT molecular complexity index is 989. The molecule has 1 aromatic carbocycles. The molecule has 0 spiro atoms. The first-order valence-electron chi connectivity index (χ1n) is 8.83. The Morgan fingerprint density at radius 2 is 1.90 bits per heavy atom. The molecule has 3 heterocycles. The zero-order valence-electron chi connectivity index (χ0n) is 15.4. The highest BCUT2D eigenvalue weighted by Gasteiger charge is 2.80. The molecule has 3 aliphatic heterocycles. The van der Waals surface area contributed by atoms with Gasteiger partial charge < -0.3 is 14.9 Å². The van der Waals surface area contributed by atoms with Crippen LogP contribution in [0.2, 0.25) is 0 Å². The number of carbonyl (C=O) groups excluding carboxylic acids is 2. The van der Waals surface area contributed by atoms with Gasteiger partial charge in [0, 0.05) is 12.1 Å². The van der Waals surface area contributed by atoms with Gasteiger partial charge in [-0.2, -0.15) is 13.2 Å². The van der Waals surface area contributed by atoms with E-state index in [1.54, 1.807) is 6.92 Å². The SMILES string of the molecule is [C-]#[N+]c1ccc(N2C(=O)[C@@H]3[C@H](C2=O)C2(C)C[C@@](O)(CO)C3(C)O2)cc1C(F)(F)F. The van der Waals surface area contributed by atoms with Crippen LogP contribution in [0.4, 0.5) is 24.5 Å². The van der Waals surface area contributed by atoms with Gasteiger partial charge in [-0.05, 0) is 26.0 Å². The molecule has 154 valence electrons. The summed E-state index contributed by atoms with van der Waals surface area (Å²) in [7, 11) is 0. The van der Waals surface area contributed by atoms with Crippen molar-refractivity contribution in [3.8, 4) is 0 Å². The molecule has 7 nitrogen and oxygen atoms in total. The minimum absolute atomic E-state index is 0.0918. The quantitative estimate of drug-likeness (QED) is 0.575. The van der Waals surface area contributed by atoms with Crippen LogP contribution in [-0.4, -0.2) is 45.4 Å². The zero-order valence-corrected chi connectivity index (χ0v) is 15.4. The second kappa shape index (κ2) is 5.56. The van der Waals surface area contributed by atoms with Gasteiger partial charge in [-0.25, -0.2) is 9.74 Å². The molecular formula is C19H17F3N2O5. The highest BCUT2D eigenvalue weighted by molar-refractivity contribution is 6.23. The number of anilines is 1. The summed E-state index contributed by atoms with van der Waals surface area (Å²) in [6.07, 6.45) is -4.93. The minimum atomic E-state index is -4.84. The third-order valence-electron chi connectivity index (χ3n) is 6.50. The molecule has 1 aromatic rings. The van der Waals surface area contributed by atoms with Crippen molar-refractivity contribution in [1.82, 2.24) is 0 Å². The highest BCUT2D eigenvalue weighted by atomic mass is 19.4. The largest absolute Gasteiger partial charge is 0.407 e. The number of nitrogens with zero attached hydrogens (tertiary/aromatic N) is 2. The fraction of sp³-hybridized carbons (Fsp3) is 0.526. The first-order valence-corrected chi connectivity index (χ1v) is 8.83. The second-order valence-electron chi connectivity index (χ2n) is 8.17. The maximum atomic E-state index is 13.3. The van der Waals surface area contributed by atoms with E-state index in [9.17, 15) is 33.0 Å².